The van der Waals surface area contributed by atoms with Gasteiger partial charge in [-0.25, -0.2) is 14.4 Å². The van der Waals surface area contributed by atoms with E-state index in [0.29, 0.717) is 19.3 Å². The highest BCUT2D eigenvalue weighted by atomic mass is 16.6. The zero-order chi connectivity index (χ0) is 38.2. The van der Waals surface area contributed by atoms with E-state index in [-0.39, 0.29) is 38.5 Å². The SMILES string of the molecule is CC(C)(C)OC[C@H](NC(=O)[C@H](CCCN=C(N)N)NC(=O)[C@H](CCCCNC(=O)OC(C)(C)C)NC(=O)OC(C)(C)C)C(=O)OC(C)(C)C. The van der Waals surface area contributed by atoms with Crippen LogP contribution in [0.5, 0.6) is 0 Å². The lowest BCUT2D eigenvalue weighted by molar-refractivity contribution is -0.162. The van der Waals surface area contributed by atoms with Gasteiger partial charge in [0.2, 0.25) is 11.8 Å². The molecule has 0 aromatic rings. The molecule has 8 N–H and O–H groups in total. The van der Waals surface area contributed by atoms with Crippen LogP contribution in [0, 0.1) is 0 Å². The van der Waals surface area contributed by atoms with Gasteiger partial charge < -0.3 is 51.7 Å². The molecule has 284 valence electrons. The Morgan fingerprint density at radius 2 is 1.06 bits per heavy atom. The van der Waals surface area contributed by atoms with Crippen LogP contribution in [-0.4, -0.2) is 96.2 Å². The molecular weight excluding hydrogens is 638 g/mol. The van der Waals surface area contributed by atoms with Crippen molar-refractivity contribution >= 4 is 35.9 Å². The van der Waals surface area contributed by atoms with Crippen molar-refractivity contribution in [3.63, 3.8) is 0 Å². The van der Waals surface area contributed by atoms with E-state index in [1.165, 1.54) is 0 Å². The second-order valence-electron chi connectivity index (χ2n) is 15.7. The van der Waals surface area contributed by atoms with Gasteiger partial charge in [-0.05, 0) is 115 Å². The minimum absolute atomic E-state index is 0.0918. The van der Waals surface area contributed by atoms with E-state index in [2.05, 4.69) is 26.3 Å². The van der Waals surface area contributed by atoms with Gasteiger partial charge in [0.1, 0.15) is 28.9 Å². The molecule has 0 heterocycles. The molecule has 3 atom stereocenters. The van der Waals surface area contributed by atoms with Gasteiger partial charge in [0.25, 0.3) is 0 Å². The smallest absolute Gasteiger partial charge is 0.408 e. The number of nitrogens with zero attached hydrogens (tertiary/aromatic N) is 1. The molecule has 4 amide bonds. The molecule has 0 fully saturated rings. The van der Waals surface area contributed by atoms with Crippen LogP contribution >= 0.6 is 0 Å². The van der Waals surface area contributed by atoms with Crippen LogP contribution in [0.1, 0.15) is 115 Å². The fourth-order valence-corrected chi connectivity index (χ4v) is 3.89. The lowest BCUT2D eigenvalue weighted by Gasteiger charge is -2.29. The quantitative estimate of drug-likeness (QED) is 0.0424. The predicted octanol–water partition coefficient (Wildman–Crippen LogP) is 2.75. The summed E-state index contributed by atoms with van der Waals surface area (Å²) in [5.74, 6) is -2.17. The molecule has 0 aromatic carbocycles. The van der Waals surface area contributed by atoms with E-state index in [9.17, 15) is 24.0 Å². The van der Waals surface area contributed by atoms with E-state index >= 15 is 0 Å². The van der Waals surface area contributed by atoms with Crippen LogP contribution in [0.15, 0.2) is 4.99 Å². The number of guanidine groups is 1. The maximum atomic E-state index is 13.7. The highest BCUT2D eigenvalue weighted by Crippen LogP contribution is 2.14. The summed E-state index contributed by atoms with van der Waals surface area (Å²) < 4.78 is 21.9. The zero-order valence-corrected chi connectivity index (χ0v) is 31.7. The average molecular weight is 702 g/mol. The fourth-order valence-electron chi connectivity index (χ4n) is 3.89. The van der Waals surface area contributed by atoms with E-state index in [0.717, 1.165) is 0 Å². The standard InChI is InChI=1S/C33H63N7O9/c1-30(2,3)46-20-23(26(43)47-31(4,5)6)39-24(41)21(17-15-19-36-27(34)35)38-25(42)22(40-29(45)49-33(10,11)12)16-13-14-18-37-28(44)48-32(7,8)9/h21-23H,13-20H2,1-12H3,(H,37,44)(H,38,42)(H,39,41)(H,40,45)(H4,34,35,36)/t21-,22-,23-/m0/s1. The van der Waals surface area contributed by atoms with Gasteiger partial charge in [-0.2, -0.15) is 0 Å². The summed E-state index contributed by atoms with van der Waals surface area (Å²) in [5, 5.41) is 10.6. The number of aliphatic imine (C=N–C) groups is 1. The van der Waals surface area contributed by atoms with E-state index in [4.69, 9.17) is 30.4 Å². The monoisotopic (exact) mass is 701 g/mol. The maximum Gasteiger partial charge on any atom is 0.408 e. The van der Waals surface area contributed by atoms with E-state index in [1.54, 1.807) is 83.1 Å². The minimum atomic E-state index is -1.18. The summed E-state index contributed by atoms with van der Waals surface area (Å²) in [6, 6.07) is -3.44. The highest BCUT2D eigenvalue weighted by Gasteiger charge is 2.33. The molecule has 0 aliphatic carbocycles. The molecule has 0 bridgehead atoms. The van der Waals surface area contributed by atoms with Gasteiger partial charge in [0, 0.05) is 13.1 Å². The Kier molecular flexibility index (Phi) is 18.4. The Balaban J connectivity index is 6.02. The van der Waals surface area contributed by atoms with Gasteiger partial charge in [0.05, 0.1) is 12.2 Å². The van der Waals surface area contributed by atoms with Crippen LogP contribution in [-0.2, 0) is 33.3 Å². The Hall–Kier alpha value is -3.82. The first-order valence-corrected chi connectivity index (χ1v) is 16.7. The normalized spacial score (nSPS) is 14.0. The Morgan fingerprint density at radius 3 is 1.55 bits per heavy atom. The third-order valence-corrected chi connectivity index (χ3v) is 5.86. The van der Waals surface area contributed by atoms with Crippen LogP contribution in [0.25, 0.3) is 0 Å². The van der Waals surface area contributed by atoms with Crippen LogP contribution in [0.3, 0.4) is 0 Å². The van der Waals surface area contributed by atoms with Crippen molar-refractivity contribution in [2.45, 2.75) is 156 Å². The van der Waals surface area contributed by atoms with Crippen molar-refractivity contribution in [2.75, 3.05) is 19.7 Å². The third-order valence-electron chi connectivity index (χ3n) is 5.86. The number of rotatable bonds is 17. The van der Waals surface area contributed by atoms with Crippen LogP contribution < -0.4 is 32.7 Å². The van der Waals surface area contributed by atoms with Crippen molar-refractivity contribution in [1.82, 2.24) is 21.3 Å². The van der Waals surface area contributed by atoms with Crippen molar-refractivity contribution in [2.24, 2.45) is 16.5 Å². The van der Waals surface area contributed by atoms with Gasteiger partial charge in [-0.3, -0.25) is 14.6 Å². The van der Waals surface area contributed by atoms with Crippen LogP contribution in [0.2, 0.25) is 0 Å². The molecule has 0 unspecified atom stereocenters. The molecule has 0 rings (SSSR count). The zero-order valence-electron chi connectivity index (χ0n) is 31.7. The first-order valence-electron chi connectivity index (χ1n) is 16.7. The Bertz CT molecular complexity index is 1110. The predicted molar refractivity (Wildman–Crippen MR) is 187 cm³/mol. The van der Waals surface area contributed by atoms with Crippen LogP contribution in [0.4, 0.5) is 9.59 Å². The molecule has 16 heteroatoms. The topological polar surface area (TPSA) is 235 Å². The first-order chi connectivity index (χ1) is 22.2. The fraction of sp³-hybridized carbons (Fsp3) is 0.818. The number of alkyl carbamates (subject to hydrolysis) is 2. The van der Waals surface area contributed by atoms with Gasteiger partial charge in [0.15, 0.2) is 12.0 Å². The molecule has 0 radical (unpaired) electrons. The number of amides is 4. The number of nitrogens with two attached hydrogens (primary N) is 2. The molecule has 0 aliphatic rings. The number of carbonyl (C=O) groups excluding carboxylic acids is 5. The summed E-state index contributed by atoms with van der Waals surface area (Å²) in [4.78, 5) is 69.0. The summed E-state index contributed by atoms with van der Waals surface area (Å²) in [6.45, 7) is 21.1. The average Bonchev–Trinajstić information content (AvgIpc) is 2.87. The first kappa shape index (κ1) is 45.2. The Morgan fingerprint density at radius 1 is 0.592 bits per heavy atom. The summed E-state index contributed by atoms with van der Waals surface area (Å²) in [7, 11) is 0. The largest absolute Gasteiger partial charge is 0.458 e. The summed E-state index contributed by atoms with van der Waals surface area (Å²) in [6.07, 6.45) is 0.0332. The minimum Gasteiger partial charge on any atom is -0.458 e. The molecule has 0 spiro atoms. The molecular formula is C33H63N7O9. The summed E-state index contributed by atoms with van der Waals surface area (Å²) in [5.41, 5.74) is 7.94. The van der Waals surface area contributed by atoms with Crippen molar-refractivity contribution < 1.29 is 42.9 Å². The number of hydrogen-bond acceptors (Lipinski definition) is 10. The second-order valence-corrected chi connectivity index (χ2v) is 15.7. The number of carbonyl (C=O) groups is 5. The van der Waals surface area contributed by atoms with E-state index in [1.807, 2.05) is 0 Å². The summed E-state index contributed by atoms with van der Waals surface area (Å²) >= 11 is 0. The highest BCUT2D eigenvalue weighted by molar-refractivity contribution is 5.93. The number of ether oxygens (including phenoxy) is 4. The van der Waals surface area contributed by atoms with E-state index < -0.39 is 70.5 Å². The maximum absolute atomic E-state index is 13.7. The lowest BCUT2D eigenvalue weighted by Crippen LogP contribution is -2.57. The number of nitrogens with one attached hydrogen (secondary N) is 4. The third kappa shape index (κ3) is 24.9. The van der Waals surface area contributed by atoms with Gasteiger partial charge >= 0.3 is 18.2 Å². The number of hydrogen-bond donors (Lipinski definition) is 6. The Labute approximate surface area is 291 Å². The molecule has 0 saturated carbocycles. The number of esters is 1. The van der Waals surface area contributed by atoms with Crippen molar-refractivity contribution in [3.8, 4) is 0 Å². The second kappa shape index (κ2) is 20.0. The molecule has 0 aromatic heterocycles. The van der Waals surface area contributed by atoms with Gasteiger partial charge in [-0.1, -0.05) is 0 Å². The molecule has 49 heavy (non-hydrogen) atoms. The molecule has 0 saturated heterocycles. The molecule has 0 aliphatic heterocycles. The van der Waals surface area contributed by atoms with Crippen molar-refractivity contribution in [1.29, 1.82) is 0 Å². The molecule has 16 nitrogen and oxygen atoms in total. The van der Waals surface area contributed by atoms with Crippen molar-refractivity contribution in [3.05, 3.63) is 0 Å². The number of unbranched alkanes of at least 4 members (excludes halogenated alkanes) is 1. The van der Waals surface area contributed by atoms with Gasteiger partial charge in [-0.15, -0.1) is 0 Å². The lowest BCUT2D eigenvalue weighted by atomic mass is 10.1.